The Morgan fingerprint density at radius 3 is 1.95 bits per heavy atom. The monoisotopic (exact) mass is 333 g/mol. The normalized spacial score (nSPS) is 13.3. The van der Waals surface area contributed by atoms with Gasteiger partial charge in [0.1, 0.15) is 4.70 Å². The number of hydrogen-bond donors (Lipinski definition) is 0. The van der Waals surface area contributed by atoms with Gasteiger partial charge < -0.3 is 12.4 Å². The van der Waals surface area contributed by atoms with Crippen LogP contribution in [-0.2, 0) is 11.5 Å². The second kappa shape index (κ2) is 5.47. The van der Waals surface area contributed by atoms with Crippen molar-refractivity contribution in [2.75, 3.05) is 0 Å². The van der Waals surface area contributed by atoms with Gasteiger partial charge in [0.05, 0.1) is 0 Å². The number of hydrogen-bond acceptors (Lipinski definition) is 1. The van der Waals surface area contributed by atoms with Crippen LogP contribution in [0.2, 0.25) is 0 Å². The summed E-state index contributed by atoms with van der Waals surface area (Å²) in [5.74, 6) is -2.84. The average molecular weight is 334 g/mol. The van der Waals surface area contributed by atoms with Crippen molar-refractivity contribution in [2.24, 2.45) is 5.41 Å². The summed E-state index contributed by atoms with van der Waals surface area (Å²) in [6, 6.07) is 7.63. The molecule has 1 heterocycles. The highest BCUT2D eigenvalue weighted by Gasteiger charge is 2.50. The Kier molecular flexibility index (Phi) is 4.77. The lowest BCUT2D eigenvalue weighted by molar-refractivity contribution is -0.757. The molecule has 0 N–H and O–H groups in total. The maximum atomic E-state index is 14.1. The van der Waals surface area contributed by atoms with Crippen molar-refractivity contribution in [3.63, 3.8) is 0 Å². The summed E-state index contributed by atoms with van der Waals surface area (Å²) >= 11 is 1.19. The number of aromatic nitrogens is 1. The molecule has 21 heavy (non-hydrogen) atoms. The molecule has 0 saturated carbocycles. The third kappa shape index (κ3) is 3.07. The summed E-state index contributed by atoms with van der Waals surface area (Å²) in [5.41, 5.74) is 0.331. The molecule has 0 aliphatic carbocycles. The van der Waals surface area contributed by atoms with E-state index in [4.69, 9.17) is 0 Å². The number of para-hydroxylation sites is 1. The Balaban J connectivity index is 0.00000220. The highest BCUT2D eigenvalue weighted by Crippen LogP contribution is 2.39. The van der Waals surface area contributed by atoms with E-state index in [0.717, 1.165) is 17.1 Å². The smallest absolute Gasteiger partial charge is 0.337 e. The largest absolute Gasteiger partial charge is 1.00 e. The Morgan fingerprint density at radius 1 is 0.952 bits per heavy atom. The second-order valence-corrected chi connectivity index (χ2v) is 7.94. The first-order valence-corrected chi connectivity index (χ1v) is 7.60. The number of fused-ring (bicyclic) bond motifs is 1. The third-order valence-electron chi connectivity index (χ3n) is 4.29. The van der Waals surface area contributed by atoms with Gasteiger partial charge in [0.25, 0.3) is 0 Å². The van der Waals surface area contributed by atoms with E-state index in [2.05, 4.69) is 20.8 Å². The first kappa shape index (κ1) is 18.3. The topological polar surface area (TPSA) is 3.88 Å². The fourth-order valence-corrected chi connectivity index (χ4v) is 3.38. The van der Waals surface area contributed by atoms with Crippen molar-refractivity contribution in [3.05, 3.63) is 29.3 Å². The van der Waals surface area contributed by atoms with E-state index in [9.17, 15) is 8.78 Å². The Labute approximate surface area is 135 Å². The van der Waals surface area contributed by atoms with Crippen LogP contribution in [0, 0.1) is 5.41 Å². The maximum Gasteiger partial charge on any atom is 0.337 e. The minimum Gasteiger partial charge on any atom is -1.00 e. The van der Waals surface area contributed by atoms with Gasteiger partial charge in [-0.1, -0.05) is 44.2 Å². The molecule has 0 spiro atoms. The Bertz CT molecular complexity index is 636. The van der Waals surface area contributed by atoms with Gasteiger partial charge in [0, 0.05) is 32.3 Å². The summed E-state index contributed by atoms with van der Waals surface area (Å²) in [5, 5.41) is 0.124. The van der Waals surface area contributed by atoms with Crippen LogP contribution in [0.1, 0.15) is 46.6 Å². The molecule has 1 aromatic heterocycles. The Morgan fingerprint density at radius 2 is 1.48 bits per heavy atom. The standard InChI is InChI=1S/C16H22F2NS.ClH/c1-14(2,3)15(4,5)19-11-9-7-8-10-12(11)20-13(19)16(6,17)18;/h7-10H,1-6H3;1H/q+1;/p-1. The lowest BCUT2D eigenvalue weighted by Gasteiger charge is -2.34. The molecule has 0 aliphatic rings. The molecule has 0 radical (unpaired) electrons. The van der Waals surface area contributed by atoms with Crippen LogP contribution in [0.4, 0.5) is 8.78 Å². The molecule has 0 saturated heterocycles. The number of benzene rings is 1. The first-order valence-electron chi connectivity index (χ1n) is 6.78. The predicted molar refractivity (Wildman–Crippen MR) is 80.4 cm³/mol. The molecule has 118 valence electrons. The molecular formula is C16H22ClF2NS. The Hall–Kier alpha value is -0.740. The van der Waals surface area contributed by atoms with Crippen LogP contribution in [0.15, 0.2) is 24.3 Å². The van der Waals surface area contributed by atoms with E-state index < -0.39 is 11.5 Å². The van der Waals surface area contributed by atoms with Crippen molar-refractivity contribution in [1.29, 1.82) is 0 Å². The van der Waals surface area contributed by atoms with Gasteiger partial charge in [-0.05, 0) is 6.07 Å². The van der Waals surface area contributed by atoms with E-state index >= 15 is 0 Å². The van der Waals surface area contributed by atoms with E-state index in [-0.39, 0.29) is 22.8 Å². The summed E-state index contributed by atoms with van der Waals surface area (Å²) in [7, 11) is 0. The SMILES string of the molecule is CC(F)(F)c1sc2ccccc2[n+]1C(C)(C)C(C)(C)C.[Cl-]. The number of halogens is 3. The fraction of sp³-hybridized carbons (Fsp3) is 0.562. The molecule has 0 aliphatic heterocycles. The van der Waals surface area contributed by atoms with E-state index in [1.165, 1.54) is 11.3 Å². The van der Waals surface area contributed by atoms with Crippen LogP contribution >= 0.6 is 11.3 Å². The van der Waals surface area contributed by atoms with Crippen molar-refractivity contribution < 1.29 is 25.8 Å². The highest BCUT2D eigenvalue weighted by atomic mass is 35.5. The van der Waals surface area contributed by atoms with Gasteiger partial charge in [-0.2, -0.15) is 13.3 Å². The molecule has 0 atom stereocenters. The number of thiazole rings is 1. The van der Waals surface area contributed by atoms with E-state index in [1.54, 1.807) is 0 Å². The zero-order valence-corrected chi connectivity index (χ0v) is 14.9. The second-order valence-electron chi connectivity index (χ2n) is 6.91. The number of alkyl halides is 2. The lowest BCUT2D eigenvalue weighted by Crippen LogP contribution is -3.00. The van der Waals surface area contributed by atoms with Crippen LogP contribution in [0.3, 0.4) is 0 Å². The van der Waals surface area contributed by atoms with Crippen molar-refractivity contribution in [1.82, 2.24) is 0 Å². The zero-order valence-electron chi connectivity index (χ0n) is 13.3. The van der Waals surface area contributed by atoms with Crippen LogP contribution in [-0.4, -0.2) is 0 Å². The summed E-state index contributed by atoms with van der Waals surface area (Å²) in [6.07, 6.45) is 0. The van der Waals surface area contributed by atoms with Gasteiger partial charge in [-0.15, -0.1) is 0 Å². The van der Waals surface area contributed by atoms with E-state index in [0.29, 0.717) is 0 Å². The first-order chi connectivity index (χ1) is 8.96. The van der Waals surface area contributed by atoms with Crippen LogP contribution in [0.25, 0.3) is 10.2 Å². The molecule has 0 bridgehead atoms. The molecule has 2 aromatic rings. The quantitative estimate of drug-likeness (QED) is 0.741. The van der Waals surface area contributed by atoms with Gasteiger partial charge in [0.2, 0.25) is 5.52 Å². The highest BCUT2D eigenvalue weighted by molar-refractivity contribution is 7.18. The molecule has 1 aromatic carbocycles. The van der Waals surface area contributed by atoms with Crippen molar-refractivity contribution in [3.8, 4) is 0 Å². The molecule has 5 heteroatoms. The van der Waals surface area contributed by atoms with Crippen molar-refractivity contribution >= 4 is 21.6 Å². The van der Waals surface area contributed by atoms with Gasteiger partial charge in [0.15, 0.2) is 5.54 Å². The predicted octanol–water partition coefficient (Wildman–Crippen LogP) is 2.09. The molecule has 1 nitrogen and oxygen atoms in total. The number of rotatable bonds is 2. The molecule has 0 amide bonds. The molecule has 2 rings (SSSR count). The van der Waals surface area contributed by atoms with Crippen LogP contribution < -0.4 is 17.0 Å². The minimum absolute atomic E-state index is 0. The summed E-state index contributed by atoms with van der Waals surface area (Å²) < 4.78 is 30.9. The van der Waals surface area contributed by atoms with Gasteiger partial charge in [-0.3, -0.25) is 0 Å². The average Bonchev–Trinajstić information content (AvgIpc) is 2.66. The fourth-order valence-electron chi connectivity index (χ4n) is 2.16. The molecule has 0 unspecified atom stereocenters. The minimum atomic E-state index is -2.84. The summed E-state index contributed by atoms with van der Waals surface area (Å²) in [6.45, 7) is 11.3. The van der Waals surface area contributed by atoms with Gasteiger partial charge in [-0.25, -0.2) is 0 Å². The maximum absolute atomic E-state index is 14.1. The third-order valence-corrected chi connectivity index (χ3v) is 5.59. The lowest BCUT2D eigenvalue weighted by atomic mass is 9.76. The summed E-state index contributed by atoms with van der Waals surface area (Å²) in [4.78, 5) is 0. The molecular weight excluding hydrogens is 312 g/mol. The van der Waals surface area contributed by atoms with E-state index in [1.807, 2.05) is 42.7 Å². The zero-order chi connectivity index (χ0) is 15.3. The van der Waals surface area contributed by atoms with Gasteiger partial charge >= 0.3 is 10.9 Å². The number of nitrogens with zero attached hydrogens (tertiary/aromatic N) is 1. The van der Waals surface area contributed by atoms with Crippen LogP contribution in [0.5, 0.6) is 0 Å². The van der Waals surface area contributed by atoms with Crippen molar-refractivity contribution in [2.45, 2.75) is 53.0 Å². The molecule has 0 fully saturated rings.